The van der Waals surface area contributed by atoms with Gasteiger partial charge in [0.25, 0.3) is 0 Å². The van der Waals surface area contributed by atoms with Gasteiger partial charge in [-0.3, -0.25) is 4.79 Å². The molecule has 0 spiro atoms. The summed E-state index contributed by atoms with van der Waals surface area (Å²) in [5, 5.41) is 11.7. The summed E-state index contributed by atoms with van der Waals surface area (Å²) in [6.45, 7) is 5.57. The summed E-state index contributed by atoms with van der Waals surface area (Å²) in [7, 11) is 1.68. The van der Waals surface area contributed by atoms with Gasteiger partial charge in [-0.1, -0.05) is 26.0 Å². The molecule has 1 aromatic carbocycles. The van der Waals surface area contributed by atoms with Gasteiger partial charge in [0.05, 0.1) is 13.5 Å². The van der Waals surface area contributed by atoms with Crippen LogP contribution in [-0.2, 0) is 11.2 Å². The lowest BCUT2D eigenvalue weighted by molar-refractivity contribution is -0.136. The average Bonchev–Trinajstić information content (AvgIpc) is 2.37. The smallest absolute Gasteiger partial charge is 0.304 e. The standard InChI is InChI=1S/C15H23NO3/c1-11(2)13-5-4-12(14(10-13)19-3)6-8-16-9-7-15(17)18/h4-5,10-11,16H,6-9H2,1-3H3,(H,17,18). The maximum atomic E-state index is 10.4. The first kappa shape index (κ1) is 15.5. The summed E-state index contributed by atoms with van der Waals surface area (Å²) in [5.41, 5.74) is 2.41. The van der Waals surface area contributed by atoms with Crippen LogP contribution in [0, 0.1) is 0 Å². The minimum atomic E-state index is -0.772. The zero-order valence-corrected chi connectivity index (χ0v) is 11.9. The van der Waals surface area contributed by atoms with E-state index >= 15 is 0 Å². The van der Waals surface area contributed by atoms with E-state index in [0.717, 1.165) is 24.3 Å². The molecule has 0 saturated heterocycles. The van der Waals surface area contributed by atoms with Crippen molar-refractivity contribution in [1.29, 1.82) is 0 Å². The second kappa shape index (κ2) is 7.79. The molecule has 0 aliphatic rings. The fraction of sp³-hybridized carbons (Fsp3) is 0.533. The van der Waals surface area contributed by atoms with Crippen molar-refractivity contribution in [2.75, 3.05) is 20.2 Å². The predicted octanol–water partition coefficient (Wildman–Crippen LogP) is 2.43. The van der Waals surface area contributed by atoms with Crippen molar-refractivity contribution in [3.05, 3.63) is 29.3 Å². The molecule has 0 radical (unpaired) electrons. The third-order valence-corrected chi connectivity index (χ3v) is 3.06. The van der Waals surface area contributed by atoms with Crippen LogP contribution in [0.3, 0.4) is 0 Å². The molecule has 0 bridgehead atoms. The number of aliphatic carboxylic acids is 1. The number of carbonyl (C=O) groups is 1. The molecule has 0 aromatic heterocycles. The van der Waals surface area contributed by atoms with E-state index in [1.165, 1.54) is 5.56 Å². The molecule has 4 nitrogen and oxygen atoms in total. The Hall–Kier alpha value is -1.55. The van der Waals surface area contributed by atoms with Crippen LogP contribution >= 0.6 is 0 Å². The predicted molar refractivity (Wildman–Crippen MR) is 75.9 cm³/mol. The van der Waals surface area contributed by atoms with Crippen LogP contribution in [0.15, 0.2) is 18.2 Å². The van der Waals surface area contributed by atoms with Gasteiger partial charge >= 0.3 is 5.97 Å². The molecular formula is C15H23NO3. The van der Waals surface area contributed by atoms with Crippen molar-refractivity contribution in [2.24, 2.45) is 0 Å². The summed E-state index contributed by atoms with van der Waals surface area (Å²) in [5.74, 6) is 0.620. The molecule has 0 aliphatic heterocycles. The quantitative estimate of drug-likeness (QED) is 0.709. The fourth-order valence-electron chi connectivity index (χ4n) is 1.87. The van der Waals surface area contributed by atoms with E-state index in [1.54, 1.807) is 7.11 Å². The van der Waals surface area contributed by atoms with E-state index in [1.807, 2.05) is 0 Å². The Labute approximate surface area is 114 Å². The zero-order valence-electron chi connectivity index (χ0n) is 11.9. The molecule has 19 heavy (non-hydrogen) atoms. The van der Waals surface area contributed by atoms with Crippen LogP contribution in [0.2, 0.25) is 0 Å². The van der Waals surface area contributed by atoms with Crippen LogP contribution in [0.25, 0.3) is 0 Å². The third kappa shape index (κ3) is 5.30. The summed E-state index contributed by atoms with van der Waals surface area (Å²) in [6, 6.07) is 6.30. The SMILES string of the molecule is COc1cc(C(C)C)ccc1CCNCCC(=O)O. The Morgan fingerprint density at radius 2 is 2.11 bits per heavy atom. The topological polar surface area (TPSA) is 58.6 Å². The van der Waals surface area contributed by atoms with E-state index in [4.69, 9.17) is 9.84 Å². The van der Waals surface area contributed by atoms with Gasteiger partial charge in [0, 0.05) is 6.54 Å². The minimum Gasteiger partial charge on any atom is -0.496 e. The molecule has 0 aliphatic carbocycles. The Kier molecular flexibility index (Phi) is 6.36. The van der Waals surface area contributed by atoms with Crippen molar-refractivity contribution in [1.82, 2.24) is 5.32 Å². The summed E-state index contributed by atoms with van der Waals surface area (Å²) in [4.78, 5) is 10.4. The molecule has 2 N–H and O–H groups in total. The molecule has 0 unspecified atom stereocenters. The van der Waals surface area contributed by atoms with Crippen LogP contribution in [0.1, 0.15) is 37.3 Å². The van der Waals surface area contributed by atoms with E-state index < -0.39 is 5.97 Å². The Balaban J connectivity index is 2.51. The molecule has 0 amide bonds. The number of carboxylic acid groups (broad SMARTS) is 1. The minimum absolute atomic E-state index is 0.156. The lowest BCUT2D eigenvalue weighted by Gasteiger charge is -2.13. The summed E-state index contributed by atoms with van der Waals surface area (Å²) >= 11 is 0. The van der Waals surface area contributed by atoms with E-state index in [9.17, 15) is 4.79 Å². The van der Waals surface area contributed by atoms with Gasteiger partial charge in [0.2, 0.25) is 0 Å². The highest BCUT2D eigenvalue weighted by Gasteiger charge is 2.06. The molecule has 1 rings (SSSR count). The first-order valence-corrected chi connectivity index (χ1v) is 6.64. The van der Waals surface area contributed by atoms with Crippen molar-refractivity contribution in [3.63, 3.8) is 0 Å². The average molecular weight is 265 g/mol. The molecule has 106 valence electrons. The van der Waals surface area contributed by atoms with Crippen molar-refractivity contribution in [3.8, 4) is 5.75 Å². The number of carboxylic acids is 1. The number of hydrogen-bond donors (Lipinski definition) is 2. The Bertz CT molecular complexity index is 416. The number of benzene rings is 1. The number of nitrogens with one attached hydrogen (secondary N) is 1. The summed E-state index contributed by atoms with van der Waals surface area (Å²) < 4.78 is 5.41. The molecular weight excluding hydrogens is 242 g/mol. The number of methoxy groups -OCH3 is 1. The Morgan fingerprint density at radius 3 is 2.68 bits per heavy atom. The maximum Gasteiger partial charge on any atom is 0.304 e. The fourth-order valence-corrected chi connectivity index (χ4v) is 1.87. The highest BCUT2D eigenvalue weighted by molar-refractivity contribution is 5.66. The second-order valence-corrected chi connectivity index (χ2v) is 4.87. The highest BCUT2D eigenvalue weighted by atomic mass is 16.5. The van der Waals surface area contributed by atoms with Crippen LogP contribution in [-0.4, -0.2) is 31.3 Å². The monoisotopic (exact) mass is 265 g/mol. The zero-order chi connectivity index (χ0) is 14.3. The van der Waals surface area contributed by atoms with Gasteiger partial charge in [-0.05, 0) is 36.1 Å². The lowest BCUT2D eigenvalue weighted by atomic mass is 10.00. The van der Waals surface area contributed by atoms with E-state index in [0.29, 0.717) is 12.5 Å². The van der Waals surface area contributed by atoms with Crippen LogP contribution < -0.4 is 10.1 Å². The van der Waals surface area contributed by atoms with Crippen molar-refractivity contribution >= 4 is 5.97 Å². The number of rotatable bonds is 8. The van der Waals surface area contributed by atoms with Crippen LogP contribution in [0.5, 0.6) is 5.75 Å². The first-order valence-electron chi connectivity index (χ1n) is 6.64. The molecule has 1 aromatic rings. The summed E-state index contributed by atoms with van der Waals surface area (Å²) in [6.07, 6.45) is 0.991. The van der Waals surface area contributed by atoms with Crippen molar-refractivity contribution in [2.45, 2.75) is 32.6 Å². The molecule has 0 fully saturated rings. The lowest BCUT2D eigenvalue weighted by Crippen LogP contribution is -2.20. The molecule has 0 heterocycles. The molecule has 4 heteroatoms. The molecule has 0 atom stereocenters. The largest absolute Gasteiger partial charge is 0.496 e. The normalized spacial score (nSPS) is 10.7. The van der Waals surface area contributed by atoms with Gasteiger partial charge in [-0.2, -0.15) is 0 Å². The van der Waals surface area contributed by atoms with Gasteiger partial charge in [0.1, 0.15) is 5.75 Å². The van der Waals surface area contributed by atoms with Crippen molar-refractivity contribution < 1.29 is 14.6 Å². The third-order valence-electron chi connectivity index (χ3n) is 3.06. The highest BCUT2D eigenvalue weighted by Crippen LogP contribution is 2.24. The maximum absolute atomic E-state index is 10.4. The number of hydrogen-bond acceptors (Lipinski definition) is 3. The van der Waals surface area contributed by atoms with E-state index in [-0.39, 0.29) is 6.42 Å². The van der Waals surface area contributed by atoms with Crippen LogP contribution in [0.4, 0.5) is 0 Å². The molecule has 0 saturated carbocycles. The van der Waals surface area contributed by atoms with E-state index in [2.05, 4.69) is 37.4 Å². The second-order valence-electron chi connectivity index (χ2n) is 4.87. The number of ether oxygens (including phenoxy) is 1. The van der Waals surface area contributed by atoms with Gasteiger partial charge in [0.15, 0.2) is 0 Å². The Morgan fingerprint density at radius 1 is 1.37 bits per heavy atom. The van der Waals surface area contributed by atoms with Gasteiger partial charge < -0.3 is 15.2 Å². The first-order chi connectivity index (χ1) is 9.04. The van der Waals surface area contributed by atoms with Gasteiger partial charge in [-0.15, -0.1) is 0 Å². The van der Waals surface area contributed by atoms with Gasteiger partial charge in [-0.25, -0.2) is 0 Å².